The van der Waals surface area contributed by atoms with Crippen LogP contribution in [0.3, 0.4) is 0 Å². The first kappa shape index (κ1) is 23.5. The molecule has 0 bridgehead atoms. The number of ether oxygens (including phenoxy) is 6. The van der Waals surface area contributed by atoms with E-state index in [0.717, 1.165) is 5.56 Å². The Morgan fingerprint density at radius 2 is 1.64 bits per heavy atom. The molecule has 3 atom stereocenters. The average molecular weight is 497 g/mol. The van der Waals surface area contributed by atoms with Crippen LogP contribution in [0.25, 0.3) is 0 Å². The van der Waals surface area contributed by atoms with Gasteiger partial charge in [0.15, 0.2) is 23.0 Å². The minimum Gasteiger partial charge on any atom is -0.493 e. The molecule has 2 aromatic rings. The van der Waals surface area contributed by atoms with E-state index in [9.17, 15) is 14.4 Å². The summed E-state index contributed by atoms with van der Waals surface area (Å²) in [6, 6.07) is 6.80. The molecule has 1 aliphatic carbocycles. The summed E-state index contributed by atoms with van der Waals surface area (Å²) < 4.78 is 32.5. The molecular formula is C25H23NO10. The zero-order chi connectivity index (χ0) is 25.6. The molecule has 188 valence electrons. The predicted molar refractivity (Wildman–Crippen MR) is 122 cm³/mol. The fourth-order valence-electron chi connectivity index (χ4n) is 4.95. The summed E-state index contributed by atoms with van der Waals surface area (Å²) in [6.07, 6.45) is 0. The lowest BCUT2D eigenvalue weighted by Crippen LogP contribution is -2.40. The smallest absolute Gasteiger partial charge is 0.310 e. The van der Waals surface area contributed by atoms with E-state index in [0.29, 0.717) is 28.3 Å². The number of carbonyl (C=O) groups excluding carboxylic acids is 3. The van der Waals surface area contributed by atoms with Gasteiger partial charge in [0.1, 0.15) is 6.61 Å². The number of rotatable bonds is 5. The molecule has 3 aliphatic rings. The number of nitrogens with zero attached hydrogens (tertiary/aromatic N) is 1. The minimum atomic E-state index is -0.737. The molecule has 11 heteroatoms. The summed E-state index contributed by atoms with van der Waals surface area (Å²) in [7, 11) is 2.71. The molecule has 0 saturated heterocycles. The van der Waals surface area contributed by atoms with Gasteiger partial charge in [0.25, 0.3) is 0 Å². The largest absolute Gasteiger partial charge is 0.493 e. The lowest BCUT2D eigenvalue weighted by molar-refractivity contribution is -0.147. The molecular weight excluding hydrogens is 474 g/mol. The van der Waals surface area contributed by atoms with Crippen LogP contribution in [-0.2, 0) is 24.0 Å². The Labute approximate surface area is 205 Å². The highest BCUT2D eigenvalue weighted by molar-refractivity contribution is 6.08. The lowest BCUT2D eigenvalue weighted by atomic mass is 9.65. The van der Waals surface area contributed by atoms with Gasteiger partial charge < -0.3 is 33.3 Å². The summed E-state index contributed by atoms with van der Waals surface area (Å²) in [5, 5.41) is 4.22. The summed E-state index contributed by atoms with van der Waals surface area (Å²) >= 11 is 0. The van der Waals surface area contributed by atoms with Crippen molar-refractivity contribution in [2.75, 3.05) is 27.6 Å². The van der Waals surface area contributed by atoms with Crippen LogP contribution in [0.15, 0.2) is 29.4 Å². The number of hydrogen-bond donors (Lipinski definition) is 0. The molecule has 2 aliphatic heterocycles. The second-order valence-corrected chi connectivity index (χ2v) is 8.44. The number of fused-ring (bicyclic) bond motifs is 4. The van der Waals surface area contributed by atoms with Crippen LogP contribution in [-0.4, -0.2) is 51.2 Å². The van der Waals surface area contributed by atoms with Gasteiger partial charge in [-0.15, -0.1) is 0 Å². The number of methoxy groups -OCH3 is 2. The summed E-state index contributed by atoms with van der Waals surface area (Å²) in [5.41, 5.74) is 2.62. The van der Waals surface area contributed by atoms with Gasteiger partial charge in [-0.25, -0.2) is 0 Å². The van der Waals surface area contributed by atoms with E-state index < -0.39 is 35.7 Å². The molecule has 2 heterocycles. The Morgan fingerprint density at radius 1 is 0.944 bits per heavy atom. The van der Waals surface area contributed by atoms with Crippen LogP contribution in [0.1, 0.15) is 36.5 Å². The van der Waals surface area contributed by atoms with Crippen molar-refractivity contribution < 1.29 is 47.6 Å². The van der Waals surface area contributed by atoms with Gasteiger partial charge in [0, 0.05) is 25.3 Å². The fourth-order valence-corrected chi connectivity index (χ4v) is 4.95. The molecule has 11 nitrogen and oxygen atoms in total. The van der Waals surface area contributed by atoms with E-state index in [1.807, 2.05) is 6.07 Å². The van der Waals surface area contributed by atoms with Gasteiger partial charge in [-0.05, 0) is 35.4 Å². The monoisotopic (exact) mass is 497 g/mol. The number of esters is 3. The minimum absolute atomic E-state index is 0.0277. The first-order chi connectivity index (χ1) is 17.3. The van der Waals surface area contributed by atoms with Crippen molar-refractivity contribution in [1.82, 2.24) is 0 Å². The first-order valence-corrected chi connectivity index (χ1v) is 11.1. The van der Waals surface area contributed by atoms with Gasteiger partial charge in [0.2, 0.25) is 12.5 Å². The number of oxime groups is 1. The highest BCUT2D eigenvalue weighted by Crippen LogP contribution is 2.52. The highest BCUT2D eigenvalue weighted by atomic mass is 16.7. The average Bonchev–Trinajstić information content (AvgIpc) is 3.51. The van der Waals surface area contributed by atoms with E-state index in [2.05, 4.69) is 5.16 Å². The SMILES string of the molecule is COC(=O)[C@@H]1[C@H](c2cc(OC)c(OC(C)=O)c(OC(C)=O)c2)c2cc3c(cc2C2=NOC[C@@H]21)OCO3. The van der Waals surface area contributed by atoms with Crippen molar-refractivity contribution in [2.24, 2.45) is 17.0 Å². The second kappa shape index (κ2) is 9.06. The van der Waals surface area contributed by atoms with Crippen LogP contribution in [0.5, 0.6) is 28.7 Å². The van der Waals surface area contributed by atoms with Crippen molar-refractivity contribution >= 4 is 23.6 Å². The van der Waals surface area contributed by atoms with Crippen molar-refractivity contribution in [1.29, 1.82) is 0 Å². The Morgan fingerprint density at radius 3 is 2.31 bits per heavy atom. The number of carbonyl (C=O) groups is 3. The van der Waals surface area contributed by atoms with Crippen molar-refractivity contribution in [2.45, 2.75) is 19.8 Å². The van der Waals surface area contributed by atoms with Crippen molar-refractivity contribution in [3.8, 4) is 28.7 Å². The Bertz CT molecular complexity index is 1300. The van der Waals surface area contributed by atoms with Crippen LogP contribution in [0, 0.1) is 11.8 Å². The van der Waals surface area contributed by atoms with Crippen molar-refractivity contribution in [3.05, 3.63) is 41.0 Å². The van der Waals surface area contributed by atoms with E-state index in [1.165, 1.54) is 28.1 Å². The summed E-state index contributed by atoms with van der Waals surface area (Å²) in [5.74, 6) is -2.33. The van der Waals surface area contributed by atoms with Crippen LogP contribution in [0.4, 0.5) is 0 Å². The highest BCUT2D eigenvalue weighted by Gasteiger charge is 2.50. The second-order valence-electron chi connectivity index (χ2n) is 8.44. The van der Waals surface area contributed by atoms with E-state index >= 15 is 0 Å². The Balaban J connectivity index is 1.76. The van der Waals surface area contributed by atoms with E-state index in [-0.39, 0.29) is 30.6 Å². The molecule has 0 fully saturated rings. The zero-order valence-corrected chi connectivity index (χ0v) is 20.0. The standard InChI is InChI=1S/C25H23NO10/c1-11(27)35-20-6-13(5-19(30-3)24(20)36-12(2)28)21-14-7-17-18(33-10-32-17)8-15(14)23-16(9-34-26-23)22(21)25(29)31-4/h5-8,16,21-22H,9-10H2,1-4H3/t16-,21-,22+/m1/s1. The Hall–Kier alpha value is -4.28. The molecule has 36 heavy (non-hydrogen) atoms. The summed E-state index contributed by atoms with van der Waals surface area (Å²) in [4.78, 5) is 42.3. The molecule has 2 aromatic carbocycles. The first-order valence-electron chi connectivity index (χ1n) is 11.1. The molecule has 0 N–H and O–H groups in total. The third-order valence-electron chi connectivity index (χ3n) is 6.31. The van der Waals surface area contributed by atoms with Crippen LogP contribution in [0.2, 0.25) is 0 Å². The van der Waals surface area contributed by atoms with Crippen LogP contribution < -0.4 is 23.7 Å². The molecule has 0 aromatic heterocycles. The molecule has 0 unspecified atom stereocenters. The van der Waals surface area contributed by atoms with Gasteiger partial charge >= 0.3 is 17.9 Å². The summed E-state index contributed by atoms with van der Waals surface area (Å²) in [6.45, 7) is 2.69. The van der Waals surface area contributed by atoms with Gasteiger partial charge in [-0.2, -0.15) is 0 Å². The normalized spacial score (nSPS) is 20.9. The van der Waals surface area contributed by atoms with Crippen molar-refractivity contribution in [3.63, 3.8) is 0 Å². The van der Waals surface area contributed by atoms with Crippen LogP contribution >= 0.6 is 0 Å². The van der Waals surface area contributed by atoms with Gasteiger partial charge in [-0.1, -0.05) is 5.16 Å². The lowest BCUT2D eigenvalue weighted by Gasteiger charge is -2.36. The number of hydrogen-bond acceptors (Lipinski definition) is 11. The third kappa shape index (κ3) is 3.86. The predicted octanol–water partition coefficient (Wildman–Crippen LogP) is 2.56. The quantitative estimate of drug-likeness (QED) is 0.449. The maximum absolute atomic E-state index is 13.2. The molecule has 0 amide bonds. The topological polar surface area (TPSA) is 128 Å². The maximum atomic E-state index is 13.2. The molecule has 0 radical (unpaired) electrons. The third-order valence-corrected chi connectivity index (χ3v) is 6.31. The zero-order valence-electron chi connectivity index (χ0n) is 20.0. The van der Waals surface area contributed by atoms with E-state index in [4.69, 9.17) is 33.3 Å². The molecule has 0 saturated carbocycles. The molecule has 0 spiro atoms. The van der Waals surface area contributed by atoms with Gasteiger partial charge in [-0.3, -0.25) is 14.4 Å². The molecule has 5 rings (SSSR count). The van der Waals surface area contributed by atoms with Gasteiger partial charge in [0.05, 0.1) is 31.8 Å². The fraction of sp³-hybridized carbons (Fsp3) is 0.360. The van der Waals surface area contributed by atoms with E-state index in [1.54, 1.807) is 18.2 Å². The number of benzene rings is 2. The Kier molecular flexibility index (Phi) is 5.91. The maximum Gasteiger partial charge on any atom is 0.310 e.